The van der Waals surface area contributed by atoms with Crippen LogP contribution >= 0.6 is 0 Å². The number of ether oxygens (including phenoxy) is 1. The summed E-state index contributed by atoms with van der Waals surface area (Å²) in [4.78, 5) is 21.4. The molecule has 214 valence electrons. The molecule has 4 rings (SSSR count). The molecule has 0 spiro atoms. The van der Waals surface area contributed by atoms with Crippen molar-refractivity contribution in [1.82, 2.24) is 9.97 Å². The van der Waals surface area contributed by atoms with Crippen LogP contribution in [-0.2, 0) is 21.0 Å². The van der Waals surface area contributed by atoms with Crippen LogP contribution in [0.1, 0.15) is 52.9 Å². The number of Topliss-reactive ketones (excluding diaryl/α,β-unsaturated/α-hetero) is 1. The van der Waals surface area contributed by atoms with Gasteiger partial charge in [0.1, 0.15) is 38.7 Å². The molecule has 7 nitrogen and oxygen atoms in total. The van der Waals surface area contributed by atoms with Crippen molar-refractivity contribution in [3.05, 3.63) is 82.6 Å². The Hall–Kier alpha value is -3.15. The number of hydrogen-bond donors (Lipinski definition) is 1. The van der Waals surface area contributed by atoms with Crippen LogP contribution in [0.5, 0.6) is 0 Å². The van der Waals surface area contributed by atoms with Gasteiger partial charge in [-0.2, -0.15) is 0 Å². The number of pyridine rings is 2. The summed E-state index contributed by atoms with van der Waals surface area (Å²) >= 11 is 0. The van der Waals surface area contributed by atoms with Crippen molar-refractivity contribution in [3.8, 4) is 11.3 Å². The van der Waals surface area contributed by atoms with E-state index in [1.165, 1.54) is 13.0 Å². The summed E-state index contributed by atoms with van der Waals surface area (Å²) < 4.78 is 72.4. The number of nitrogens with two attached hydrogens (primary N) is 1. The topological polar surface area (TPSA) is 112 Å². The number of aryl methyl sites for hydroxylation is 1. The van der Waals surface area contributed by atoms with Gasteiger partial charge in [0, 0.05) is 31.1 Å². The zero-order valence-corrected chi connectivity index (χ0v) is 23.3. The van der Waals surface area contributed by atoms with E-state index in [9.17, 15) is 26.4 Å². The maximum Gasteiger partial charge on any atom is 0.185 e. The Morgan fingerprint density at radius 2 is 1.80 bits per heavy atom. The molecule has 2 heterocycles. The lowest BCUT2D eigenvalue weighted by atomic mass is 9.73. The van der Waals surface area contributed by atoms with Gasteiger partial charge in [0.05, 0.1) is 24.0 Å². The second-order valence-corrected chi connectivity index (χ2v) is 12.8. The second-order valence-electron chi connectivity index (χ2n) is 10.6. The first-order valence-corrected chi connectivity index (χ1v) is 15.0. The quantitative estimate of drug-likeness (QED) is 0.372. The summed E-state index contributed by atoms with van der Waals surface area (Å²) in [6, 6.07) is 5.81. The van der Waals surface area contributed by atoms with Crippen molar-refractivity contribution in [1.29, 1.82) is 0 Å². The predicted molar refractivity (Wildman–Crippen MR) is 145 cm³/mol. The molecule has 0 aliphatic heterocycles. The molecule has 11 heteroatoms. The van der Waals surface area contributed by atoms with Crippen molar-refractivity contribution < 1.29 is 31.1 Å². The van der Waals surface area contributed by atoms with Crippen LogP contribution in [0.3, 0.4) is 0 Å². The Kier molecular flexibility index (Phi) is 9.06. The first-order chi connectivity index (χ1) is 18.8. The molecule has 1 saturated carbocycles. The fourth-order valence-electron chi connectivity index (χ4n) is 5.39. The van der Waals surface area contributed by atoms with Crippen LogP contribution in [-0.4, -0.2) is 54.9 Å². The van der Waals surface area contributed by atoms with Gasteiger partial charge in [0.15, 0.2) is 5.78 Å². The normalized spacial score (nSPS) is 21.4. The van der Waals surface area contributed by atoms with E-state index in [0.29, 0.717) is 24.0 Å². The van der Waals surface area contributed by atoms with Crippen LogP contribution in [0.4, 0.5) is 13.2 Å². The van der Waals surface area contributed by atoms with Crippen molar-refractivity contribution in [3.63, 3.8) is 0 Å². The van der Waals surface area contributed by atoms with E-state index in [1.807, 2.05) is 13.0 Å². The zero-order chi connectivity index (χ0) is 29.2. The summed E-state index contributed by atoms with van der Waals surface area (Å²) in [5.74, 6) is -3.39. The van der Waals surface area contributed by atoms with Crippen molar-refractivity contribution in [2.24, 2.45) is 11.7 Å². The molecular formula is C29H32F3N3O4S. The number of sulfone groups is 1. The minimum atomic E-state index is -3.15. The molecule has 1 aromatic carbocycles. The first kappa shape index (κ1) is 29.8. The number of carbonyl (C=O) groups excluding carboxylic acids is 1. The average molecular weight is 576 g/mol. The molecule has 40 heavy (non-hydrogen) atoms. The van der Waals surface area contributed by atoms with Gasteiger partial charge in [-0.15, -0.1) is 0 Å². The van der Waals surface area contributed by atoms with E-state index < -0.39 is 44.3 Å². The molecule has 0 saturated heterocycles. The molecule has 0 radical (unpaired) electrons. The lowest BCUT2D eigenvalue weighted by Crippen LogP contribution is -2.47. The second kappa shape index (κ2) is 12.2. The van der Waals surface area contributed by atoms with Gasteiger partial charge in [-0.3, -0.25) is 9.78 Å². The van der Waals surface area contributed by atoms with Gasteiger partial charge >= 0.3 is 0 Å². The number of nitrogens with zero attached hydrogens (tertiary/aromatic N) is 2. The van der Waals surface area contributed by atoms with Crippen LogP contribution in [0.25, 0.3) is 11.3 Å². The maximum absolute atomic E-state index is 14.6. The molecule has 0 amide bonds. The highest BCUT2D eigenvalue weighted by atomic mass is 32.2. The number of ketones is 1. The van der Waals surface area contributed by atoms with Crippen molar-refractivity contribution in [2.75, 3.05) is 18.6 Å². The molecule has 3 aromatic rings. The molecule has 2 N–H and O–H groups in total. The summed E-state index contributed by atoms with van der Waals surface area (Å²) in [6.45, 7) is 3.58. The fraction of sp³-hybridized carbons (Fsp3) is 0.414. The highest BCUT2D eigenvalue weighted by molar-refractivity contribution is 7.90. The SMILES string of the molecule is Cc1cc(F)c(-c2nc(C(=O)Cc3cnccc3[C@H]3C[C@@H](C)[C@@H](OCCS(C)(=O)=O)[C@@H](N)C3)ccc2F)c(F)c1. The highest BCUT2D eigenvalue weighted by Crippen LogP contribution is 2.38. The molecule has 0 unspecified atom stereocenters. The Morgan fingerprint density at radius 1 is 1.10 bits per heavy atom. The van der Waals surface area contributed by atoms with E-state index in [-0.39, 0.29) is 48.5 Å². The van der Waals surface area contributed by atoms with Crippen molar-refractivity contribution in [2.45, 2.75) is 51.2 Å². The Labute approximate surface area is 231 Å². The molecule has 4 atom stereocenters. The third-order valence-corrected chi connectivity index (χ3v) is 8.16. The van der Waals surface area contributed by atoms with Crippen molar-refractivity contribution >= 4 is 15.6 Å². The number of carbonyl (C=O) groups is 1. The number of rotatable bonds is 9. The van der Waals surface area contributed by atoms with E-state index in [4.69, 9.17) is 10.5 Å². The van der Waals surface area contributed by atoms with Gasteiger partial charge in [-0.1, -0.05) is 6.92 Å². The summed E-state index contributed by atoms with van der Waals surface area (Å²) in [6.07, 6.45) is 5.23. The molecule has 0 bridgehead atoms. The largest absolute Gasteiger partial charge is 0.375 e. The van der Waals surface area contributed by atoms with Gasteiger partial charge in [0.2, 0.25) is 0 Å². The highest BCUT2D eigenvalue weighted by Gasteiger charge is 2.36. The maximum atomic E-state index is 14.6. The summed E-state index contributed by atoms with van der Waals surface area (Å²) in [5.41, 5.74) is 6.99. The third-order valence-electron chi connectivity index (χ3n) is 7.25. The van der Waals surface area contributed by atoms with Crippen LogP contribution < -0.4 is 5.73 Å². The molecule has 1 aliphatic carbocycles. The average Bonchev–Trinajstić information content (AvgIpc) is 2.85. The van der Waals surface area contributed by atoms with E-state index in [1.54, 1.807) is 12.4 Å². The summed E-state index contributed by atoms with van der Waals surface area (Å²) in [7, 11) is -3.15. The molecule has 1 fully saturated rings. The number of halogens is 3. The fourth-order valence-corrected chi connectivity index (χ4v) is 5.79. The Bertz CT molecular complexity index is 1480. The molecule has 2 aromatic heterocycles. The molecule has 1 aliphatic rings. The zero-order valence-electron chi connectivity index (χ0n) is 22.5. The first-order valence-electron chi connectivity index (χ1n) is 13.0. The van der Waals surface area contributed by atoms with Gasteiger partial charge in [0.25, 0.3) is 0 Å². The van der Waals surface area contributed by atoms with E-state index in [0.717, 1.165) is 30.0 Å². The van der Waals surface area contributed by atoms with Gasteiger partial charge in [-0.05, 0) is 78.6 Å². The van der Waals surface area contributed by atoms with Crippen LogP contribution in [0.2, 0.25) is 0 Å². The Balaban J connectivity index is 1.53. The standard InChI is InChI=1S/C29H32F3N3O4S/c1-16-10-22(31)27(23(32)11-16)28-21(30)4-5-25(35-28)26(36)14-19-15-34-7-6-20(19)18-12-17(2)29(24(33)13-18)39-8-9-40(3,37)38/h4-7,10-11,15,17-18,24,29H,8-9,12-14,33H2,1-3H3/t17-,18+,24+,29-/m1/s1. The van der Waals surface area contributed by atoms with Gasteiger partial charge in [-0.25, -0.2) is 26.6 Å². The lowest BCUT2D eigenvalue weighted by molar-refractivity contribution is -0.0154. The number of hydrogen-bond acceptors (Lipinski definition) is 7. The monoisotopic (exact) mass is 575 g/mol. The predicted octanol–water partition coefficient (Wildman–Crippen LogP) is 4.57. The number of benzene rings is 1. The lowest BCUT2D eigenvalue weighted by Gasteiger charge is -2.39. The third kappa shape index (κ3) is 6.94. The van der Waals surface area contributed by atoms with E-state index in [2.05, 4.69) is 9.97 Å². The minimum absolute atomic E-state index is 0.00181. The minimum Gasteiger partial charge on any atom is -0.375 e. The molecular weight excluding hydrogens is 543 g/mol. The number of aromatic nitrogens is 2. The summed E-state index contributed by atoms with van der Waals surface area (Å²) in [5, 5.41) is 0. The van der Waals surface area contributed by atoms with Gasteiger partial charge < -0.3 is 10.5 Å². The van der Waals surface area contributed by atoms with E-state index >= 15 is 0 Å². The van der Waals surface area contributed by atoms with Crippen LogP contribution in [0.15, 0.2) is 42.7 Å². The van der Waals surface area contributed by atoms with Crippen LogP contribution in [0, 0.1) is 30.3 Å². The smallest absolute Gasteiger partial charge is 0.185 e. The Morgan fingerprint density at radius 3 is 2.45 bits per heavy atom.